The lowest BCUT2D eigenvalue weighted by molar-refractivity contribution is 1.64. The second-order valence-corrected chi connectivity index (χ2v) is 3.74. The molecule has 0 saturated heterocycles. The van der Waals surface area contributed by atoms with Crippen molar-refractivity contribution in [3.05, 3.63) is 70.7 Å². The molecule has 0 spiro atoms. The number of hydrogen-bond donors (Lipinski definition) is 0. The second-order valence-electron chi connectivity index (χ2n) is 3.30. The van der Waals surface area contributed by atoms with Gasteiger partial charge in [-0.15, -0.1) is 0 Å². The van der Waals surface area contributed by atoms with Gasteiger partial charge in [-0.1, -0.05) is 66.2 Å². The standard InChI is InChI=1S/C14H11Cl/c15-14-8-4-7-13(11-14)10-9-12-5-2-1-3-6-12/h1-11H/b10-9+. The molecule has 0 radical (unpaired) electrons. The summed E-state index contributed by atoms with van der Waals surface area (Å²) in [6, 6.07) is 18.0. The summed E-state index contributed by atoms with van der Waals surface area (Å²) in [5, 5.41) is 0.769. The maximum atomic E-state index is 5.89. The van der Waals surface area contributed by atoms with E-state index in [-0.39, 0.29) is 0 Å². The molecule has 0 bridgehead atoms. The van der Waals surface area contributed by atoms with Gasteiger partial charge in [0.05, 0.1) is 0 Å². The lowest BCUT2D eigenvalue weighted by atomic mass is 10.1. The molecule has 0 saturated carbocycles. The Morgan fingerprint density at radius 3 is 2.13 bits per heavy atom. The van der Waals surface area contributed by atoms with Gasteiger partial charge in [0, 0.05) is 5.02 Å². The van der Waals surface area contributed by atoms with Crippen molar-refractivity contribution in [3.8, 4) is 0 Å². The minimum atomic E-state index is 0.769. The molecule has 0 atom stereocenters. The molecule has 0 fully saturated rings. The van der Waals surface area contributed by atoms with Crippen LogP contribution in [0.15, 0.2) is 54.6 Å². The van der Waals surface area contributed by atoms with E-state index >= 15 is 0 Å². The molecule has 2 aromatic carbocycles. The molecular weight excluding hydrogens is 204 g/mol. The van der Waals surface area contributed by atoms with Crippen molar-refractivity contribution < 1.29 is 0 Å². The normalized spacial score (nSPS) is 10.7. The molecule has 2 rings (SSSR count). The van der Waals surface area contributed by atoms with Gasteiger partial charge < -0.3 is 0 Å². The van der Waals surface area contributed by atoms with Gasteiger partial charge in [-0.3, -0.25) is 0 Å². The van der Waals surface area contributed by atoms with Crippen molar-refractivity contribution in [1.82, 2.24) is 0 Å². The van der Waals surface area contributed by atoms with E-state index in [0.29, 0.717) is 0 Å². The Kier molecular flexibility index (Phi) is 3.21. The molecule has 0 nitrogen and oxygen atoms in total. The highest BCUT2D eigenvalue weighted by Crippen LogP contribution is 2.13. The molecular formula is C14H11Cl. The van der Waals surface area contributed by atoms with Gasteiger partial charge in [0.25, 0.3) is 0 Å². The van der Waals surface area contributed by atoms with E-state index in [4.69, 9.17) is 11.6 Å². The summed E-state index contributed by atoms with van der Waals surface area (Å²) < 4.78 is 0. The molecule has 74 valence electrons. The molecule has 0 aliphatic carbocycles. The maximum absolute atomic E-state index is 5.89. The number of rotatable bonds is 2. The highest BCUT2D eigenvalue weighted by Gasteiger charge is 1.89. The summed E-state index contributed by atoms with van der Waals surface area (Å²) in [5.74, 6) is 0. The quantitative estimate of drug-likeness (QED) is 0.646. The molecule has 1 heteroatoms. The van der Waals surface area contributed by atoms with E-state index in [1.165, 1.54) is 5.56 Å². The topological polar surface area (TPSA) is 0 Å². The van der Waals surface area contributed by atoms with Crippen molar-refractivity contribution >= 4 is 23.8 Å². The van der Waals surface area contributed by atoms with Crippen LogP contribution in [0, 0.1) is 0 Å². The summed E-state index contributed by atoms with van der Waals surface area (Å²) in [7, 11) is 0. The van der Waals surface area contributed by atoms with E-state index in [0.717, 1.165) is 10.6 Å². The van der Waals surface area contributed by atoms with E-state index < -0.39 is 0 Å². The summed E-state index contributed by atoms with van der Waals surface area (Å²) in [4.78, 5) is 0. The molecule has 2 aromatic rings. The third-order valence-corrected chi connectivity index (χ3v) is 2.35. The van der Waals surface area contributed by atoms with Crippen molar-refractivity contribution in [2.75, 3.05) is 0 Å². The highest BCUT2D eigenvalue weighted by atomic mass is 35.5. The molecule has 0 unspecified atom stereocenters. The third-order valence-electron chi connectivity index (χ3n) is 2.12. The first kappa shape index (κ1) is 10.0. The van der Waals surface area contributed by atoms with E-state index in [9.17, 15) is 0 Å². The molecule has 0 amide bonds. The Balaban J connectivity index is 2.19. The SMILES string of the molecule is Clc1cccc(/C=C/c2ccccc2)c1. The van der Waals surface area contributed by atoms with Crippen LogP contribution in [0.5, 0.6) is 0 Å². The minimum absolute atomic E-state index is 0.769. The zero-order chi connectivity index (χ0) is 10.5. The first-order valence-electron chi connectivity index (χ1n) is 4.83. The van der Waals surface area contributed by atoms with Crippen molar-refractivity contribution in [1.29, 1.82) is 0 Å². The van der Waals surface area contributed by atoms with Crippen molar-refractivity contribution in [2.45, 2.75) is 0 Å². The summed E-state index contributed by atoms with van der Waals surface area (Å²) in [6.45, 7) is 0. The van der Waals surface area contributed by atoms with Crippen LogP contribution in [0.3, 0.4) is 0 Å². The van der Waals surface area contributed by atoms with Crippen LogP contribution in [0.1, 0.15) is 11.1 Å². The van der Waals surface area contributed by atoms with Crippen LogP contribution < -0.4 is 0 Å². The Morgan fingerprint density at radius 1 is 0.733 bits per heavy atom. The van der Waals surface area contributed by atoms with Gasteiger partial charge >= 0.3 is 0 Å². The Morgan fingerprint density at radius 2 is 1.40 bits per heavy atom. The largest absolute Gasteiger partial charge is 0.0843 e. The maximum Gasteiger partial charge on any atom is 0.0411 e. The number of halogens is 1. The van der Waals surface area contributed by atoms with Crippen LogP contribution in [-0.4, -0.2) is 0 Å². The van der Waals surface area contributed by atoms with Gasteiger partial charge in [-0.2, -0.15) is 0 Å². The predicted molar refractivity (Wildman–Crippen MR) is 66.8 cm³/mol. The lowest BCUT2D eigenvalue weighted by Crippen LogP contribution is -1.72. The molecule has 0 aromatic heterocycles. The Hall–Kier alpha value is -1.53. The first-order chi connectivity index (χ1) is 7.34. The van der Waals surface area contributed by atoms with Crippen LogP contribution in [0.25, 0.3) is 12.2 Å². The molecule has 0 aliphatic heterocycles. The number of benzene rings is 2. The smallest absolute Gasteiger partial charge is 0.0411 e. The van der Waals surface area contributed by atoms with Gasteiger partial charge in [0.15, 0.2) is 0 Å². The van der Waals surface area contributed by atoms with Gasteiger partial charge in [-0.05, 0) is 23.3 Å². The highest BCUT2D eigenvalue weighted by molar-refractivity contribution is 6.30. The molecule has 0 heterocycles. The van der Waals surface area contributed by atoms with E-state index in [1.54, 1.807) is 0 Å². The van der Waals surface area contributed by atoms with Gasteiger partial charge in [0.1, 0.15) is 0 Å². The van der Waals surface area contributed by atoms with Crippen LogP contribution in [0.2, 0.25) is 5.02 Å². The van der Waals surface area contributed by atoms with Crippen molar-refractivity contribution in [2.24, 2.45) is 0 Å². The fraction of sp³-hybridized carbons (Fsp3) is 0. The molecule has 0 N–H and O–H groups in total. The Labute approximate surface area is 94.8 Å². The lowest BCUT2D eigenvalue weighted by Gasteiger charge is -1.94. The Bertz CT molecular complexity index is 458. The fourth-order valence-electron chi connectivity index (χ4n) is 1.37. The second kappa shape index (κ2) is 4.81. The van der Waals surface area contributed by atoms with Gasteiger partial charge in [0.2, 0.25) is 0 Å². The summed E-state index contributed by atoms with van der Waals surface area (Å²) >= 11 is 5.89. The number of hydrogen-bond acceptors (Lipinski definition) is 0. The third kappa shape index (κ3) is 2.97. The van der Waals surface area contributed by atoms with Crippen molar-refractivity contribution in [3.63, 3.8) is 0 Å². The zero-order valence-corrected chi connectivity index (χ0v) is 8.98. The van der Waals surface area contributed by atoms with Crippen LogP contribution >= 0.6 is 11.6 Å². The predicted octanol–water partition coefficient (Wildman–Crippen LogP) is 4.51. The summed E-state index contributed by atoms with van der Waals surface area (Å²) in [5.41, 5.74) is 2.31. The summed E-state index contributed by atoms with van der Waals surface area (Å²) in [6.07, 6.45) is 4.13. The first-order valence-corrected chi connectivity index (χ1v) is 5.21. The molecule has 0 aliphatic rings. The minimum Gasteiger partial charge on any atom is -0.0843 e. The van der Waals surface area contributed by atoms with Gasteiger partial charge in [-0.25, -0.2) is 0 Å². The fourth-order valence-corrected chi connectivity index (χ4v) is 1.57. The molecule has 15 heavy (non-hydrogen) atoms. The van der Waals surface area contributed by atoms with E-state index in [1.807, 2.05) is 42.5 Å². The average Bonchev–Trinajstić information content (AvgIpc) is 2.28. The zero-order valence-electron chi connectivity index (χ0n) is 8.23. The average molecular weight is 215 g/mol. The van der Waals surface area contributed by atoms with Crippen LogP contribution in [-0.2, 0) is 0 Å². The van der Waals surface area contributed by atoms with Crippen LogP contribution in [0.4, 0.5) is 0 Å². The van der Waals surface area contributed by atoms with E-state index in [2.05, 4.69) is 24.3 Å². The monoisotopic (exact) mass is 214 g/mol.